The number of hydrogen-bond donors (Lipinski definition) is 2. The van der Waals surface area contributed by atoms with E-state index in [0.717, 1.165) is 11.4 Å². The lowest BCUT2D eigenvalue weighted by Crippen LogP contribution is -2.13. The Kier molecular flexibility index (Phi) is 7.14. The Labute approximate surface area is 149 Å². The zero-order chi connectivity index (χ0) is 18.1. The predicted molar refractivity (Wildman–Crippen MR) is 101 cm³/mol. The van der Waals surface area contributed by atoms with Crippen molar-refractivity contribution >= 4 is 17.3 Å². The third-order valence-corrected chi connectivity index (χ3v) is 3.45. The van der Waals surface area contributed by atoms with Crippen LogP contribution in [0.2, 0.25) is 0 Å². The summed E-state index contributed by atoms with van der Waals surface area (Å²) in [5.74, 6) is 1.90. The molecule has 1 amide bonds. The highest BCUT2D eigenvalue weighted by atomic mass is 16.5. The molecule has 25 heavy (non-hydrogen) atoms. The molecule has 0 saturated carbocycles. The number of carbonyl (C=O) groups excluding carboxylic acids is 1. The van der Waals surface area contributed by atoms with Crippen molar-refractivity contribution in [1.29, 1.82) is 0 Å². The Balaban J connectivity index is 1.68. The molecule has 2 rings (SSSR count). The number of para-hydroxylation sites is 2. The van der Waals surface area contributed by atoms with E-state index in [-0.39, 0.29) is 5.91 Å². The van der Waals surface area contributed by atoms with E-state index in [2.05, 4.69) is 19.2 Å². The van der Waals surface area contributed by atoms with Gasteiger partial charge in [-0.25, -0.2) is 0 Å². The Morgan fingerprint density at radius 2 is 1.80 bits per heavy atom. The average Bonchev–Trinajstić information content (AvgIpc) is 2.59. The van der Waals surface area contributed by atoms with Gasteiger partial charge in [0.05, 0.1) is 18.9 Å². The minimum absolute atomic E-state index is 0.0412. The highest BCUT2D eigenvalue weighted by Gasteiger charge is 2.04. The van der Waals surface area contributed by atoms with Crippen LogP contribution in [0.4, 0.5) is 11.4 Å². The fourth-order valence-corrected chi connectivity index (χ4v) is 2.15. The molecule has 5 heteroatoms. The molecule has 0 spiro atoms. The maximum atomic E-state index is 12.0. The molecule has 0 saturated heterocycles. The van der Waals surface area contributed by atoms with Crippen LogP contribution in [0.1, 0.15) is 26.7 Å². The van der Waals surface area contributed by atoms with Crippen LogP contribution in [0.3, 0.4) is 0 Å². The smallest absolute Gasteiger partial charge is 0.224 e. The Morgan fingerprint density at radius 3 is 2.48 bits per heavy atom. The first-order valence-corrected chi connectivity index (χ1v) is 8.54. The Bertz CT molecular complexity index is 669. The van der Waals surface area contributed by atoms with Crippen molar-refractivity contribution in [2.75, 3.05) is 24.3 Å². The van der Waals surface area contributed by atoms with E-state index in [1.54, 1.807) is 6.07 Å². The summed E-state index contributed by atoms with van der Waals surface area (Å²) in [5, 5.41) is 2.87. The molecule has 0 radical (unpaired) electrons. The second kappa shape index (κ2) is 9.57. The molecule has 0 unspecified atom stereocenters. The number of nitrogens with two attached hydrogens (primary N) is 1. The van der Waals surface area contributed by atoms with Gasteiger partial charge in [-0.3, -0.25) is 4.79 Å². The predicted octanol–water partition coefficient (Wildman–Crippen LogP) is 4.10. The van der Waals surface area contributed by atoms with Gasteiger partial charge < -0.3 is 20.5 Å². The molecule has 0 atom stereocenters. The van der Waals surface area contributed by atoms with Gasteiger partial charge >= 0.3 is 0 Å². The molecule has 0 bridgehead atoms. The van der Waals surface area contributed by atoms with Gasteiger partial charge in [-0.05, 0) is 48.7 Å². The fourth-order valence-electron chi connectivity index (χ4n) is 2.15. The van der Waals surface area contributed by atoms with Crippen molar-refractivity contribution in [1.82, 2.24) is 0 Å². The molecule has 0 aliphatic rings. The van der Waals surface area contributed by atoms with Crippen LogP contribution in [0.15, 0.2) is 48.5 Å². The molecular weight excluding hydrogens is 316 g/mol. The van der Waals surface area contributed by atoms with Crippen LogP contribution < -0.4 is 20.5 Å². The van der Waals surface area contributed by atoms with E-state index in [1.807, 2.05) is 42.5 Å². The summed E-state index contributed by atoms with van der Waals surface area (Å²) in [4.78, 5) is 12.0. The maximum absolute atomic E-state index is 12.0. The summed E-state index contributed by atoms with van der Waals surface area (Å²) in [6.07, 6.45) is 1.01. The standard InChI is InChI=1S/C20H26N2O3/c1-15(2)14-25-17-11-9-16(10-12-17)22-20(23)8-5-13-24-19-7-4-3-6-18(19)21/h3-4,6-7,9-12,15H,5,8,13-14,21H2,1-2H3,(H,22,23). The van der Waals surface area contributed by atoms with Crippen molar-refractivity contribution in [3.63, 3.8) is 0 Å². The average molecular weight is 342 g/mol. The molecule has 2 aromatic rings. The second-order valence-electron chi connectivity index (χ2n) is 6.27. The number of carbonyl (C=O) groups is 1. The van der Waals surface area contributed by atoms with Gasteiger partial charge in [0.1, 0.15) is 11.5 Å². The molecule has 0 fully saturated rings. The van der Waals surface area contributed by atoms with Gasteiger partial charge in [-0.1, -0.05) is 26.0 Å². The summed E-state index contributed by atoms with van der Waals surface area (Å²) >= 11 is 0. The third kappa shape index (κ3) is 6.75. The van der Waals surface area contributed by atoms with Crippen LogP contribution >= 0.6 is 0 Å². The van der Waals surface area contributed by atoms with Gasteiger partial charge in [-0.15, -0.1) is 0 Å². The highest BCUT2D eigenvalue weighted by molar-refractivity contribution is 5.90. The van der Waals surface area contributed by atoms with Crippen LogP contribution in [-0.4, -0.2) is 19.1 Å². The van der Waals surface area contributed by atoms with E-state index >= 15 is 0 Å². The van der Waals surface area contributed by atoms with E-state index in [0.29, 0.717) is 43.4 Å². The molecule has 3 N–H and O–H groups in total. The summed E-state index contributed by atoms with van der Waals surface area (Å²) in [6.45, 7) is 5.33. The van der Waals surface area contributed by atoms with Gasteiger partial charge in [0, 0.05) is 12.1 Å². The van der Waals surface area contributed by atoms with Crippen LogP contribution in [0, 0.1) is 5.92 Å². The van der Waals surface area contributed by atoms with Crippen LogP contribution in [0.5, 0.6) is 11.5 Å². The lowest BCUT2D eigenvalue weighted by atomic mass is 10.2. The van der Waals surface area contributed by atoms with Crippen molar-refractivity contribution in [3.05, 3.63) is 48.5 Å². The summed E-state index contributed by atoms with van der Waals surface area (Å²) < 4.78 is 11.2. The number of benzene rings is 2. The second-order valence-corrected chi connectivity index (χ2v) is 6.27. The quantitative estimate of drug-likeness (QED) is 0.531. The van der Waals surface area contributed by atoms with E-state index < -0.39 is 0 Å². The number of ether oxygens (including phenoxy) is 2. The van der Waals surface area contributed by atoms with Gasteiger partial charge in [0.15, 0.2) is 0 Å². The summed E-state index contributed by atoms with van der Waals surface area (Å²) in [7, 11) is 0. The molecule has 0 aliphatic heterocycles. The first-order valence-electron chi connectivity index (χ1n) is 8.54. The minimum atomic E-state index is -0.0412. The SMILES string of the molecule is CC(C)COc1ccc(NC(=O)CCCOc2ccccc2N)cc1. The lowest BCUT2D eigenvalue weighted by molar-refractivity contribution is -0.116. The largest absolute Gasteiger partial charge is 0.493 e. The van der Waals surface area contributed by atoms with Crippen molar-refractivity contribution < 1.29 is 14.3 Å². The summed E-state index contributed by atoms with van der Waals surface area (Å²) in [6, 6.07) is 14.7. The first-order chi connectivity index (χ1) is 12.0. The normalized spacial score (nSPS) is 10.5. The fraction of sp³-hybridized carbons (Fsp3) is 0.350. The topological polar surface area (TPSA) is 73.6 Å². The number of nitrogens with one attached hydrogen (secondary N) is 1. The van der Waals surface area contributed by atoms with E-state index in [1.165, 1.54) is 0 Å². The number of hydrogen-bond acceptors (Lipinski definition) is 4. The van der Waals surface area contributed by atoms with Crippen molar-refractivity contribution in [2.45, 2.75) is 26.7 Å². The molecule has 134 valence electrons. The zero-order valence-electron chi connectivity index (χ0n) is 14.8. The van der Waals surface area contributed by atoms with Crippen LogP contribution in [-0.2, 0) is 4.79 Å². The molecule has 0 heterocycles. The Hall–Kier alpha value is -2.69. The number of rotatable bonds is 9. The monoisotopic (exact) mass is 342 g/mol. The number of nitrogen functional groups attached to an aromatic ring is 1. The van der Waals surface area contributed by atoms with Gasteiger partial charge in [0.2, 0.25) is 5.91 Å². The molecule has 5 nitrogen and oxygen atoms in total. The van der Waals surface area contributed by atoms with Crippen LogP contribution in [0.25, 0.3) is 0 Å². The number of anilines is 2. The maximum Gasteiger partial charge on any atom is 0.224 e. The van der Waals surface area contributed by atoms with E-state index in [4.69, 9.17) is 15.2 Å². The highest BCUT2D eigenvalue weighted by Crippen LogP contribution is 2.20. The number of amides is 1. The summed E-state index contributed by atoms with van der Waals surface area (Å²) in [5.41, 5.74) is 7.16. The van der Waals surface area contributed by atoms with E-state index in [9.17, 15) is 4.79 Å². The third-order valence-electron chi connectivity index (χ3n) is 3.45. The molecule has 0 aromatic heterocycles. The zero-order valence-corrected chi connectivity index (χ0v) is 14.8. The Morgan fingerprint density at radius 1 is 1.08 bits per heavy atom. The molecule has 2 aromatic carbocycles. The molecular formula is C20H26N2O3. The minimum Gasteiger partial charge on any atom is -0.493 e. The van der Waals surface area contributed by atoms with Gasteiger partial charge in [-0.2, -0.15) is 0 Å². The molecule has 0 aliphatic carbocycles. The van der Waals surface area contributed by atoms with Gasteiger partial charge in [0.25, 0.3) is 0 Å². The lowest BCUT2D eigenvalue weighted by Gasteiger charge is -2.10. The first kappa shape index (κ1) is 18.6. The van der Waals surface area contributed by atoms with Crippen molar-refractivity contribution in [3.8, 4) is 11.5 Å². The van der Waals surface area contributed by atoms with Crippen molar-refractivity contribution in [2.24, 2.45) is 5.92 Å².